The molecule has 0 saturated carbocycles. The Labute approximate surface area is 93.4 Å². The number of amides is 1. The Bertz CT molecular complexity index is 465. The lowest BCUT2D eigenvalue weighted by Gasteiger charge is -2.08. The average Bonchev–Trinajstić information content (AvgIpc) is 2.59. The Hall–Kier alpha value is -1.54. The summed E-state index contributed by atoms with van der Waals surface area (Å²) >= 11 is -2.24. The van der Waals surface area contributed by atoms with Gasteiger partial charge >= 0.3 is 6.09 Å². The van der Waals surface area contributed by atoms with Crippen LogP contribution in [0, 0.1) is 0 Å². The second-order valence-corrected chi connectivity index (χ2v) is 4.24. The minimum atomic E-state index is -2.24. The quantitative estimate of drug-likeness (QED) is 0.723. The summed E-state index contributed by atoms with van der Waals surface area (Å²) in [7, 11) is 0. The molecule has 1 aromatic heterocycles. The predicted octanol–water partition coefficient (Wildman–Crippen LogP) is -0.151. The fourth-order valence-corrected chi connectivity index (χ4v) is 1.85. The van der Waals surface area contributed by atoms with Crippen molar-refractivity contribution in [2.45, 2.75) is 18.8 Å². The minimum absolute atomic E-state index is 0.186. The number of nitrogens with zero attached hydrogens (tertiary/aromatic N) is 3. The zero-order valence-electron chi connectivity index (χ0n) is 8.12. The molecular formula is C8H8N3O4S-. The molecule has 2 rings (SSSR count). The average molecular weight is 242 g/mol. The van der Waals surface area contributed by atoms with Gasteiger partial charge in [-0.1, -0.05) is 0 Å². The number of carbonyl (C=O) groups is 1. The lowest BCUT2D eigenvalue weighted by molar-refractivity contribution is 0.145. The molecule has 0 fully saturated rings. The van der Waals surface area contributed by atoms with Gasteiger partial charge in [0, 0.05) is 11.8 Å². The van der Waals surface area contributed by atoms with E-state index in [4.69, 9.17) is 5.11 Å². The minimum Gasteiger partial charge on any atom is -0.772 e. The molecular weight excluding hydrogens is 234 g/mol. The number of carboxylic acid groups (broad SMARTS) is 1. The highest BCUT2D eigenvalue weighted by molar-refractivity contribution is 7.78. The summed E-state index contributed by atoms with van der Waals surface area (Å²) in [5.41, 5.74) is 1.31. The lowest BCUT2D eigenvalue weighted by atomic mass is 10.3. The van der Waals surface area contributed by atoms with Gasteiger partial charge in [-0.3, -0.25) is 9.11 Å². The van der Waals surface area contributed by atoms with Gasteiger partial charge in [0.2, 0.25) is 0 Å². The number of fused-ring (bicyclic) bond motifs is 1. The maximum Gasteiger partial charge on any atom is 0.407 e. The predicted molar refractivity (Wildman–Crippen MR) is 51.9 cm³/mol. The van der Waals surface area contributed by atoms with Crippen molar-refractivity contribution in [3.05, 3.63) is 23.3 Å². The van der Waals surface area contributed by atoms with Crippen LogP contribution in [0.15, 0.2) is 6.20 Å². The molecule has 1 amide bonds. The molecule has 0 saturated heterocycles. The van der Waals surface area contributed by atoms with Crippen molar-refractivity contribution in [3.8, 4) is 0 Å². The van der Waals surface area contributed by atoms with E-state index in [-0.39, 0.29) is 24.7 Å². The van der Waals surface area contributed by atoms with Crippen LogP contribution in [0.2, 0.25) is 0 Å². The van der Waals surface area contributed by atoms with Crippen LogP contribution in [-0.4, -0.2) is 34.8 Å². The van der Waals surface area contributed by atoms with Crippen molar-refractivity contribution in [2.75, 3.05) is 0 Å². The van der Waals surface area contributed by atoms with Crippen molar-refractivity contribution < 1.29 is 18.7 Å². The van der Waals surface area contributed by atoms with Crippen molar-refractivity contribution in [2.24, 2.45) is 0 Å². The third kappa shape index (κ3) is 2.17. The first-order chi connectivity index (χ1) is 7.56. The topological polar surface area (TPSA) is 106 Å². The maximum atomic E-state index is 10.7. The highest BCUT2D eigenvalue weighted by Crippen LogP contribution is 2.20. The van der Waals surface area contributed by atoms with E-state index in [0.29, 0.717) is 5.69 Å². The van der Waals surface area contributed by atoms with Gasteiger partial charge in [0.25, 0.3) is 0 Å². The fraction of sp³-hybridized carbons (Fsp3) is 0.375. The largest absolute Gasteiger partial charge is 0.772 e. The first-order valence-electron chi connectivity index (χ1n) is 4.43. The lowest BCUT2D eigenvalue weighted by Crippen LogP contribution is -2.22. The summed E-state index contributed by atoms with van der Waals surface area (Å²) in [4.78, 5) is 19.8. The summed E-state index contributed by atoms with van der Waals surface area (Å²) in [5, 5.41) is 8.78. The van der Waals surface area contributed by atoms with Crippen LogP contribution in [0.5, 0.6) is 0 Å². The van der Waals surface area contributed by atoms with E-state index in [1.807, 2.05) is 0 Å². The van der Waals surface area contributed by atoms with Crippen LogP contribution in [0.25, 0.3) is 0 Å². The second-order valence-electron chi connectivity index (χ2n) is 3.34. The van der Waals surface area contributed by atoms with Gasteiger partial charge < -0.3 is 9.66 Å². The number of hydrogen-bond donors (Lipinski definition) is 1. The van der Waals surface area contributed by atoms with Gasteiger partial charge in [-0.2, -0.15) is 0 Å². The molecule has 86 valence electrons. The van der Waals surface area contributed by atoms with Crippen LogP contribution in [-0.2, 0) is 29.9 Å². The van der Waals surface area contributed by atoms with Crippen LogP contribution >= 0.6 is 0 Å². The Morgan fingerprint density at radius 1 is 1.62 bits per heavy atom. The summed E-state index contributed by atoms with van der Waals surface area (Å²) in [5.74, 6) is -0.0558. The highest BCUT2D eigenvalue weighted by atomic mass is 32.2. The maximum absolute atomic E-state index is 10.7. The third-order valence-electron chi connectivity index (χ3n) is 2.22. The van der Waals surface area contributed by atoms with E-state index in [2.05, 4.69) is 9.97 Å². The second kappa shape index (κ2) is 4.14. The van der Waals surface area contributed by atoms with E-state index in [0.717, 1.165) is 5.56 Å². The SMILES string of the molecule is O=C(O)N1Cc2cnc(CS(=O)[O-])nc2C1. The van der Waals surface area contributed by atoms with Gasteiger partial charge in [-0.25, -0.2) is 14.8 Å². The first kappa shape index (κ1) is 11.0. The standard InChI is InChI=1S/C8H9N3O4S/c12-8(13)11-2-5-1-9-7(4-16(14)15)10-6(5)3-11/h1H,2-4H2,(H,12,13)(H,14,15)/p-1. The summed E-state index contributed by atoms with van der Waals surface area (Å²) in [6.07, 6.45) is 0.458. The Balaban J connectivity index is 2.20. The molecule has 1 N–H and O–H groups in total. The van der Waals surface area contributed by atoms with E-state index < -0.39 is 17.2 Å². The smallest absolute Gasteiger partial charge is 0.407 e. The monoisotopic (exact) mass is 242 g/mol. The van der Waals surface area contributed by atoms with E-state index in [1.54, 1.807) is 0 Å². The molecule has 8 heteroatoms. The van der Waals surface area contributed by atoms with Crippen LogP contribution < -0.4 is 0 Å². The van der Waals surface area contributed by atoms with Gasteiger partial charge in [0.15, 0.2) is 0 Å². The van der Waals surface area contributed by atoms with E-state index in [9.17, 15) is 13.6 Å². The molecule has 7 nitrogen and oxygen atoms in total. The van der Waals surface area contributed by atoms with Gasteiger partial charge in [0.1, 0.15) is 5.82 Å². The Morgan fingerprint density at radius 2 is 2.38 bits per heavy atom. The molecule has 1 aliphatic heterocycles. The van der Waals surface area contributed by atoms with Crippen LogP contribution in [0.1, 0.15) is 17.1 Å². The number of aromatic nitrogens is 2. The van der Waals surface area contributed by atoms with E-state index in [1.165, 1.54) is 11.1 Å². The summed E-state index contributed by atoms with van der Waals surface area (Å²) < 4.78 is 20.9. The molecule has 0 radical (unpaired) electrons. The molecule has 1 aromatic rings. The van der Waals surface area contributed by atoms with Crippen LogP contribution in [0.3, 0.4) is 0 Å². The van der Waals surface area contributed by atoms with Crippen molar-refractivity contribution in [1.29, 1.82) is 0 Å². The molecule has 0 aromatic carbocycles. The molecule has 16 heavy (non-hydrogen) atoms. The van der Waals surface area contributed by atoms with Crippen molar-refractivity contribution in [3.63, 3.8) is 0 Å². The van der Waals surface area contributed by atoms with Gasteiger partial charge in [-0.15, -0.1) is 0 Å². The zero-order valence-corrected chi connectivity index (χ0v) is 8.94. The first-order valence-corrected chi connectivity index (χ1v) is 5.68. The van der Waals surface area contributed by atoms with E-state index >= 15 is 0 Å². The molecule has 0 aliphatic carbocycles. The Kier molecular flexibility index (Phi) is 2.84. The fourth-order valence-electron chi connectivity index (χ4n) is 1.50. The van der Waals surface area contributed by atoms with Crippen molar-refractivity contribution >= 4 is 17.2 Å². The number of rotatable bonds is 2. The molecule has 1 atom stereocenters. The third-order valence-corrected chi connectivity index (χ3v) is 2.72. The zero-order chi connectivity index (χ0) is 11.7. The molecule has 2 heterocycles. The van der Waals surface area contributed by atoms with Gasteiger partial charge in [-0.05, 0) is 11.1 Å². The summed E-state index contributed by atoms with van der Waals surface area (Å²) in [6.45, 7) is 0.442. The Morgan fingerprint density at radius 3 is 3.00 bits per heavy atom. The molecule has 1 unspecified atom stereocenters. The van der Waals surface area contributed by atoms with Crippen molar-refractivity contribution in [1.82, 2.24) is 14.9 Å². The molecule has 1 aliphatic rings. The van der Waals surface area contributed by atoms with Crippen LogP contribution in [0.4, 0.5) is 4.79 Å². The van der Waals surface area contributed by atoms with Gasteiger partial charge in [0.05, 0.1) is 24.5 Å². The number of hydrogen-bond acceptors (Lipinski definition) is 5. The summed E-state index contributed by atoms with van der Waals surface area (Å²) in [6, 6.07) is 0. The normalized spacial score (nSPS) is 15.9. The molecule has 0 spiro atoms. The molecule has 0 bridgehead atoms. The highest BCUT2D eigenvalue weighted by Gasteiger charge is 2.24.